The zero-order valence-corrected chi connectivity index (χ0v) is 16.7. The lowest BCUT2D eigenvalue weighted by atomic mass is 9.97. The van der Waals surface area contributed by atoms with Crippen LogP contribution in [0.3, 0.4) is 0 Å². The summed E-state index contributed by atoms with van der Waals surface area (Å²) < 4.78 is 11.8. The summed E-state index contributed by atoms with van der Waals surface area (Å²) in [5.74, 6) is 2.09. The Hall–Kier alpha value is -1.96. The van der Waals surface area contributed by atoms with Gasteiger partial charge in [-0.15, -0.1) is 0 Å². The van der Waals surface area contributed by atoms with Gasteiger partial charge in [-0.1, -0.05) is 38.1 Å². The maximum absolute atomic E-state index is 5.90. The van der Waals surface area contributed by atoms with Crippen LogP contribution >= 0.6 is 0 Å². The van der Waals surface area contributed by atoms with Gasteiger partial charge in [0.2, 0.25) is 0 Å². The van der Waals surface area contributed by atoms with Crippen molar-refractivity contribution in [2.75, 3.05) is 13.2 Å². The van der Waals surface area contributed by atoms with Gasteiger partial charge in [0.25, 0.3) is 0 Å². The third kappa shape index (κ3) is 5.01. The van der Waals surface area contributed by atoms with Gasteiger partial charge in [0.05, 0.1) is 13.2 Å². The number of rotatable bonds is 8. The Balaban J connectivity index is 2.22. The lowest BCUT2D eigenvalue weighted by Crippen LogP contribution is -2.02. The van der Waals surface area contributed by atoms with Crippen LogP contribution in [0.25, 0.3) is 0 Å². The van der Waals surface area contributed by atoms with Gasteiger partial charge in [-0.2, -0.15) is 0 Å². The molecule has 0 spiro atoms. The summed E-state index contributed by atoms with van der Waals surface area (Å²) in [6.07, 6.45) is 3.00. The van der Waals surface area contributed by atoms with Crippen molar-refractivity contribution in [3.05, 3.63) is 57.6 Å². The second-order valence-corrected chi connectivity index (χ2v) is 6.99. The molecular weight excluding hydrogens is 308 g/mol. The van der Waals surface area contributed by atoms with Crippen molar-refractivity contribution in [3.63, 3.8) is 0 Å². The van der Waals surface area contributed by atoms with Gasteiger partial charge in [0.1, 0.15) is 11.5 Å². The van der Waals surface area contributed by atoms with Gasteiger partial charge < -0.3 is 9.47 Å². The lowest BCUT2D eigenvalue weighted by molar-refractivity contribution is 0.313. The predicted molar refractivity (Wildman–Crippen MR) is 106 cm³/mol. The minimum absolute atomic E-state index is 0.776. The van der Waals surface area contributed by atoms with Gasteiger partial charge in [-0.3, -0.25) is 0 Å². The fraction of sp³-hybridized carbons (Fsp3) is 0.478. The van der Waals surface area contributed by atoms with E-state index >= 15 is 0 Å². The molecule has 2 heteroatoms. The van der Waals surface area contributed by atoms with E-state index in [4.69, 9.17) is 9.47 Å². The van der Waals surface area contributed by atoms with Crippen molar-refractivity contribution < 1.29 is 9.47 Å². The molecule has 0 aliphatic heterocycles. The second-order valence-electron chi connectivity index (χ2n) is 6.99. The van der Waals surface area contributed by atoms with E-state index in [2.05, 4.69) is 65.8 Å². The molecule has 2 aromatic carbocycles. The minimum Gasteiger partial charge on any atom is -0.493 e. The Morgan fingerprint density at radius 3 is 1.20 bits per heavy atom. The molecule has 2 aromatic rings. The molecule has 0 N–H and O–H groups in total. The Morgan fingerprint density at radius 2 is 0.920 bits per heavy atom. The molecule has 2 nitrogen and oxygen atoms in total. The van der Waals surface area contributed by atoms with Crippen molar-refractivity contribution in [3.8, 4) is 11.5 Å². The Morgan fingerprint density at radius 1 is 0.600 bits per heavy atom. The van der Waals surface area contributed by atoms with E-state index in [-0.39, 0.29) is 0 Å². The lowest BCUT2D eigenvalue weighted by Gasteiger charge is -2.16. The average Bonchev–Trinajstić information content (AvgIpc) is 2.53. The van der Waals surface area contributed by atoms with Crippen LogP contribution in [-0.2, 0) is 6.42 Å². The van der Waals surface area contributed by atoms with Crippen LogP contribution in [0, 0.1) is 27.7 Å². The smallest absolute Gasteiger partial charge is 0.125 e. The summed E-state index contributed by atoms with van der Waals surface area (Å²) in [5.41, 5.74) is 7.55. The fourth-order valence-electron chi connectivity index (χ4n) is 3.38. The topological polar surface area (TPSA) is 18.5 Å². The van der Waals surface area contributed by atoms with E-state index in [9.17, 15) is 0 Å². The van der Waals surface area contributed by atoms with Crippen LogP contribution in [0.4, 0.5) is 0 Å². The van der Waals surface area contributed by atoms with Crippen molar-refractivity contribution >= 4 is 0 Å². The van der Waals surface area contributed by atoms with E-state index in [1.54, 1.807) is 0 Å². The third-order valence-corrected chi connectivity index (χ3v) is 4.35. The number of ether oxygens (including phenoxy) is 2. The summed E-state index contributed by atoms with van der Waals surface area (Å²) in [7, 11) is 0. The molecule has 0 bridgehead atoms. The zero-order valence-electron chi connectivity index (χ0n) is 16.7. The molecular formula is C23H32O2. The Kier molecular flexibility index (Phi) is 6.92. The van der Waals surface area contributed by atoms with Crippen LogP contribution in [0.1, 0.15) is 60.1 Å². The number of aryl methyl sites for hydroxylation is 4. The molecule has 0 radical (unpaired) electrons. The van der Waals surface area contributed by atoms with Gasteiger partial charge in [-0.25, -0.2) is 0 Å². The first-order valence-electron chi connectivity index (χ1n) is 9.42. The van der Waals surface area contributed by atoms with Crippen molar-refractivity contribution in [2.45, 2.75) is 60.8 Å². The van der Waals surface area contributed by atoms with E-state index < -0.39 is 0 Å². The molecule has 2 rings (SSSR count). The normalized spacial score (nSPS) is 10.8. The third-order valence-electron chi connectivity index (χ3n) is 4.35. The van der Waals surface area contributed by atoms with Gasteiger partial charge in [0.15, 0.2) is 0 Å². The summed E-state index contributed by atoms with van der Waals surface area (Å²) in [4.78, 5) is 0. The molecule has 0 heterocycles. The maximum atomic E-state index is 5.90. The van der Waals surface area contributed by atoms with Crippen LogP contribution in [-0.4, -0.2) is 13.2 Å². The number of hydrogen-bond donors (Lipinski definition) is 0. The SMILES string of the molecule is CCCOc1c(C)cc(Cc2cc(C)c(OCCC)c(C)c2)cc1C. The first-order chi connectivity index (χ1) is 12.0. The Bertz CT molecular complexity index is 609. The van der Waals surface area contributed by atoms with Crippen LogP contribution < -0.4 is 9.47 Å². The molecule has 136 valence electrons. The van der Waals surface area contributed by atoms with E-state index in [1.807, 2.05) is 0 Å². The van der Waals surface area contributed by atoms with Crippen LogP contribution in [0.2, 0.25) is 0 Å². The Labute approximate surface area is 153 Å². The van der Waals surface area contributed by atoms with Crippen LogP contribution in [0.15, 0.2) is 24.3 Å². The zero-order chi connectivity index (χ0) is 18.4. The summed E-state index contributed by atoms with van der Waals surface area (Å²) in [5, 5.41) is 0. The van der Waals surface area contributed by atoms with Gasteiger partial charge in [0, 0.05) is 0 Å². The summed E-state index contributed by atoms with van der Waals surface area (Å²) >= 11 is 0. The first kappa shape index (κ1) is 19.4. The second kappa shape index (κ2) is 8.94. The standard InChI is InChI=1S/C23H32O2/c1-7-9-24-22-16(3)11-20(12-17(22)4)15-21-13-18(5)23(19(6)14-21)25-10-8-2/h11-14H,7-10,15H2,1-6H3. The highest BCUT2D eigenvalue weighted by molar-refractivity contribution is 5.47. The molecule has 0 saturated carbocycles. The van der Waals surface area contributed by atoms with Crippen molar-refractivity contribution in [1.82, 2.24) is 0 Å². The molecule has 0 amide bonds. The monoisotopic (exact) mass is 340 g/mol. The minimum atomic E-state index is 0.776. The molecule has 0 aliphatic rings. The van der Waals surface area contributed by atoms with Crippen LogP contribution in [0.5, 0.6) is 11.5 Å². The highest BCUT2D eigenvalue weighted by atomic mass is 16.5. The van der Waals surface area contributed by atoms with Crippen molar-refractivity contribution in [2.24, 2.45) is 0 Å². The highest BCUT2D eigenvalue weighted by Crippen LogP contribution is 2.29. The van der Waals surface area contributed by atoms with E-state index in [0.29, 0.717) is 0 Å². The van der Waals surface area contributed by atoms with Gasteiger partial charge >= 0.3 is 0 Å². The molecule has 0 aromatic heterocycles. The van der Waals surface area contributed by atoms with Gasteiger partial charge in [-0.05, 0) is 80.3 Å². The van der Waals surface area contributed by atoms with Crippen molar-refractivity contribution in [1.29, 1.82) is 0 Å². The molecule has 0 aliphatic carbocycles. The van der Waals surface area contributed by atoms with E-state index in [0.717, 1.165) is 44.0 Å². The predicted octanol–water partition coefficient (Wildman–Crippen LogP) is 6.09. The number of hydrogen-bond acceptors (Lipinski definition) is 2. The maximum Gasteiger partial charge on any atom is 0.125 e. The highest BCUT2D eigenvalue weighted by Gasteiger charge is 2.10. The summed E-state index contributed by atoms with van der Waals surface area (Å²) in [6.45, 7) is 14.4. The summed E-state index contributed by atoms with van der Waals surface area (Å²) in [6, 6.07) is 9.02. The number of benzene rings is 2. The molecule has 25 heavy (non-hydrogen) atoms. The fourth-order valence-corrected chi connectivity index (χ4v) is 3.38. The molecule has 0 saturated heterocycles. The average molecular weight is 341 g/mol. The molecule has 0 atom stereocenters. The molecule has 0 unspecified atom stereocenters. The molecule has 0 fully saturated rings. The quantitative estimate of drug-likeness (QED) is 0.579. The van der Waals surface area contributed by atoms with E-state index in [1.165, 1.54) is 33.4 Å². The first-order valence-corrected chi connectivity index (χ1v) is 9.42. The largest absolute Gasteiger partial charge is 0.493 e.